The number of hydrogen-bond donors (Lipinski definition) is 2. The molecule has 1 aliphatic carbocycles. The summed E-state index contributed by atoms with van der Waals surface area (Å²) in [4.78, 5) is 22.8. The Kier molecular flexibility index (Phi) is 4.98. The Bertz CT molecular complexity index is 482. The van der Waals surface area contributed by atoms with E-state index in [0.29, 0.717) is 11.3 Å². The van der Waals surface area contributed by atoms with Gasteiger partial charge in [-0.15, -0.1) is 0 Å². The third-order valence-corrected chi connectivity index (χ3v) is 3.42. The Hall–Kier alpha value is -2.04. The van der Waals surface area contributed by atoms with Crippen molar-refractivity contribution in [2.75, 3.05) is 6.61 Å². The lowest BCUT2D eigenvalue weighted by molar-refractivity contribution is -0.119. The highest BCUT2D eigenvalue weighted by molar-refractivity contribution is 5.94. The van der Waals surface area contributed by atoms with Gasteiger partial charge in [-0.1, -0.05) is 25.3 Å². The summed E-state index contributed by atoms with van der Waals surface area (Å²) >= 11 is 0. The molecule has 1 saturated carbocycles. The van der Waals surface area contributed by atoms with Gasteiger partial charge in [0, 0.05) is 11.6 Å². The van der Waals surface area contributed by atoms with E-state index in [4.69, 9.17) is 10.5 Å². The molecule has 0 atom stereocenters. The molecule has 1 aromatic carbocycles. The zero-order valence-electron chi connectivity index (χ0n) is 11.4. The van der Waals surface area contributed by atoms with Crippen LogP contribution in [0.1, 0.15) is 42.5 Å². The van der Waals surface area contributed by atoms with E-state index < -0.39 is 5.91 Å². The van der Waals surface area contributed by atoms with Crippen molar-refractivity contribution < 1.29 is 14.3 Å². The molecule has 0 heterocycles. The quantitative estimate of drug-likeness (QED) is 0.857. The number of nitrogens with one attached hydrogen (secondary N) is 1. The monoisotopic (exact) mass is 276 g/mol. The van der Waals surface area contributed by atoms with Gasteiger partial charge in [0.15, 0.2) is 6.61 Å². The first-order chi connectivity index (χ1) is 9.65. The van der Waals surface area contributed by atoms with Gasteiger partial charge in [0.1, 0.15) is 5.75 Å². The third kappa shape index (κ3) is 4.26. The van der Waals surface area contributed by atoms with E-state index in [1.165, 1.54) is 19.3 Å². The standard InChI is InChI=1S/C15H20N2O3/c16-14(18)10-20-13-8-4-5-11(9-13)15(19)17-12-6-2-1-3-7-12/h4-5,8-9,12H,1-3,6-7,10H2,(H2,16,18)(H,17,19). The van der Waals surface area contributed by atoms with E-state index in [1.54, 1.807) is 24.3 Å². The molecule has 0 aromatic heterocycles. The highest BCUT2D eigenvalue weighted by Crippen LogP contribution is 2.19. The van der Waals surface area contributed by atoms with Gasteiger partial charge >= 0.3 is 0 Å². The van der Waals surface area contributed by atoms with Crippen LogP contribution in [0.4, 0.5) is 0 Å². The van der Waals surface area contributed by atoms with Gasteiger partial charge < -0.3 is 15.8 Å². The summed E-state index contributed by atoms with van der Waals surface area (Å²) < 4.78 is 5.19. The number of rotatable bonds is 5. The topological polar surface area (TPSA) is 81.4 Å². The highest BCUT2D eigenvalue weighted by Gasteiger charge is 2.16. The molecule has 3 N–H and O–H groups in total. The first-order valence-corrected chi connectivity index (χ1v) is 6.97. The summed E-state index contributed by atoms with van der Waals surface area (Å²) in [6.07, 6.45) is 5.69. The van der Waals surface area contributed by atoms with Crippen molar-refractivity contribution >= 4 is 11.8 Å². The van der Waals surface area contributed by atoms with Crippen molar-refractivity contribution in [2.24, 2.45) is 5.73 Å². The largest absolute Gasteiger partial charge is 0.484 e. The zero-order chi connectivity index (χ0) is 14.4. The van der Waals surface area contributed by atoms with Crippen LogP contribution in [0, 0.1) is 0 Å². The Morgan fingerprint density at radius 3 is 2.70 bits per heavy atom. The van der Waals surface area contributed by atoms with Crippen molar-refractivity contribution in [3.05, 3.63) is 29.8 Å². The Balaban J connectivity index is 1.94. The van der Waals surface area contributed by atoms with Crippen LogP contribution < -0.4 is 15.8 Å². The molecule has 1 aromatic rings. The van der Waals surface area contributed by atoms with E-state index in [2.05, 4.69) is 5.32 Å². The minimum absolute atomic E-state index is 0.0959. The number of hydrogen-bond acceptors (Lipinski definition) is 3. The Labute approximate surface area is 118 Å². The van der Waals surface area contributed by atoms with Gasteiger partial charge in [0.2, 0.25) is 0 Å². The first kappa shape index (κ1) is 14.4. The first-order valence-electron chi connectivity index (χ1n) is 6.97. The maximum Gasteiger partial charge on any atom is 0.255 e. The number of primary amides is 1. The molecule has 1 fully saturated rings. The summed E-state index contributed by atoms with van der Waals surface area (Å²) in [5.41, 5.74) is 5.56. The summed E-state index contributed by atoms with van der Waals surface area (Å²) in [5.74, 6) is -0.163. The van der Waals surface area contributed by atoms with Crippen molar-refractivity contribution in [1.29, 1.82) is 0 Å². The average Bonchev–Trinajstić information content (AvgIpc) is 2.46. The van der Waals surface area contributed by atoms with E-state index in [9.17, 15) is 9.59 Å². The Morgan fingerprint density at radius 2 is 2.00 bits per heavy atom. The number of benzene rings is 1. The van der Waals surface area contributed by atoms with Crippen molar-refractivity contribution in [3.8, 4) is 5.75 Å². The van der Waals surface area contributed by atoms with Gasteiger partial charge in [-0.05, 0) is 31.0 Å². The van der Waals surface area contributed by atoms with Gasteiger partial charge in [0.05, 0.1) is 0 Å². The van der Waals surface area contributed by atoms with Crippen LogP contribution in [0.2, 0.25) is 0 Å². The minimum Gasteiger partial charge on any atom is -0.484 e. The number of nitrogens with two attached hydrogens (primary N) is 1. The van der Waals surface area contributed by atoms with Crippen molar-refractivity contribution in [3.63, 3.8) is 0 Å². The second kappa shape index (κ2) is 6.93. The minimum atomic E-state index is -0.540. The van der Waals surface area contributed by atoms with E-state index in [0.717, 1.165) is 12.8 Å². The number of carbonyl (C=O) groups excluding carboxylic acids is 2. The lowest BCUT2D eigenvalue weighted by Gasteiger charge is -2.22. The maximum absolute atomic E-state index is 12.1. The molecule has 0 spiro atoms. The lowest BCUT2D eigenvalue weighted by Crippen LogP contribution is -2.36. The van der Waals surface area contributed by atoms with Crippen LogP contribution in [0.3, 0.4) is 0 Å². The second-order valence-corrected chi connectivity index (χ2v) is 5.09. The molecule has 5 heteroatoms. The molecule has 0 aliphatic heterocycles. The summed E-state index contributed by atoms with van der Waals surface area (Å²) in [6.45, 7) is -0.187. The molecular formula is C15H20N2O3. The van der Waals surface area contributed by atoms with E-state index in [1.807, 2.05) is 0 Å². The van der Waals surface area contributed by atoms with E-state index >= 15 is 0 Å². The van der Waals surface area contributed by atoms with Gasteiger partial charge in [-0.25, -0.2) is 0 Å². The lowest BCUT2D eigenvalue weighted by atomic mass is 9.95. The molecule has 5 nitrogen and oxygen atoms in total. The third-order valence-electron chi connectivity index (χ3n) is 3.42. The fraction of sp³-hybridized carbons (Fsp3) is 0.467. The molecule has 108 valence electrons. The Morgan fingerprint density at radius 1 is 1.25 bits per heavy atom. The van der Waals surface area contributed by atoms with Crippen LogP contribution in [0.5, 0.6) is 5.75 Å². The predicted molar refractivity (Wildman–Crippen MR) is 75.5 cm³/mol. The fourth-order valence-corrected chi connectivity index (χ4v) is 2.40. The van der Waals surface area contributed by atoms with Gasteiger partial charge in [-0.3, -0.25) is 9.59 Å². The van der Waals surface area contributed by atoms with Crippen LogP contribution in [0.15, 0.2) is 24.3 Å². The fourth-order valence-electron chi connectivity index (χ4n) is 2.40. The van der Waals surface area contributed by atoms with Crippen molar-refractivity contribution in [2.45, 2.75) is 38.1 Å². The molecule has 0 saturated heterocycles. The predicted octanol–water partition coefficient (Wildman–Crippen LogP) is 1.61. The van der Waals surface area contributed by atoms with Crippen LogP contribution in [0.25, 0.3) is 0 Å². The van der Waals surface area contributed by atoms with Crippen LogP contribution >= 0.6 is 0 Å². The maximum atomic E-state index is 12.1. The molecule has 2 amide bonds. The average molecular weight is 276 g/mol. The zero-order valence-corrected chi connectivity index (χ0v) is 11.4. The smallest absolute Gasteiger partial charge is 0.255 e. The van der Waals surface area contributed by atoms with Crippen LogP contribution in [-0.2, 0) is 4.79 Å². The van der Waals surface area contributed by atoms with Crippen molar-refractivity contribution in [1.82, 2.24) is 5.32 Å². The molecule has 0 radical (unpaired) electrons. The number of ether oxygens (including phenoxy) is 1. The molecule has 20 heavy (non-hydrogen) atoms. The number of amides is 2. The summed E-state index contributed by atoms with van der Waals surface area (Å²) in [6, 6.07) is 7.05. The summed E-state index contributed by atoms with van der Waals surface area (Å²) in [7, 11) is 0. The van der Waals surface area contributed by atoms with Gasteiger partial charge in [0.25, 0.3) is 11.8 Å². The second-order valence-electron chi connectivity index (χ2n) is 5.09. The molecule has 1 aliphatic rings. The molecule has 0 bridgehead atoms. The SMILES string of the molecule is NC(=O)COc1cccc(C(=O)NC2CCCCC2)c1. The van der Waals surface area contributed by atoms with Crippen LogP contribution in [-0.4, -0.2) is 24.5 Å². The normalized spacial score (nSPS) is 15.6. The summed E-state index contributed by atoms with van der Waals surface area (Å²) in [5, 5.41) is 3.04. The highest BCUT2D eigenvalue weighted by atomic mass is 16.5. The van der Waals surface area contributed by atoms with Gasteiger partial charge in [-0.2, -0.15) is 0 Å². The molecule has 0 unspecified atom stereocenters. The molecule has 2 rings (SSSR count). The molecular weight excluding hydrogens is 256 g/mol. The number of carbonyl (C=O) groups is 2. The van der Waals surface area contributed by atoms with E-state index in [-0.39, 0.29) is 18.6 Å².